The molecular formula is C10H25NO3Si. The van der Waals surface area contributed by atoms with Crippen molar-refractivity contribution in [3.63, 3.8) is 0 Å². The van der Waals surface area contributed by atoms with Crippen LogP contribution in [-0.4, -0.2) is 34.8 Å². The SMILES string of the molecule is CCOC(C[SiH](N)CC)(OCC)OCC. The van der Waals surface area contributed by atoms with E-state index in [0.717, 1.165) is 6.04 Å². The zero-order valence-corrected chi connectivity index (χ0v) is 11.6. The van der Waals surface area contributed by atoms with Gasteiger partial charge in [-0.05, 0) is 26.8 Å². The first-order valence-corrected chi connectivity index (χ1v) is 8.11. The molecule has 4 nitrogen and oxygen atoms in total. The number of hydrogen-bond acceptors (Lipinski definition) is 4. The smallest absolute Gasteiger partial charge is 0.281 e. The van der Waals surface area contributed by atoms with Crippen molar-refractivity contribution in [1.82, 2.24) is 0 Å². The predicted octanol–water partition coefficient (Wildman–Crippen LogP) is 1.45. The second-order valence-corrected chi connectivity index (χ2v) is 6.10. The van der Waals surface area contributed by atoms with Crippen LogP contribution in [0.15, 0.2) is 0 Å². The quantitative estimate of drug-likeness (QED) is 0.485. The molecule has 0 spiro atoms. The lowest BCUT2D eigenvalue weighted by Gasteiger charge is -2.33. The zero-order valence-electron chi connectivity index (χ0n) is 10.4. The summed E-state index contributed by atoms with van der Waals surface area (Å²) in [5.74, 6) is -0.889. The normalized spacial score (nSPS) is 14.2. The molecule has 0 bridgehead atoms. The fourth-order valence-electron chi connectivity index (χ4n) is 1.43. The molecule has 0 aliphatic carbocycles. The van der Waals surface area contributed by atoms with E-state index in [1.165, 1.54) is 0 Å². The Morgan fingerprint density at radius 3 is 1.60 bits per heavy atom. The molecule has 5 heteroatoms. The lowest BCUT2D eigenvalue weighted by molar-refractivity contribution is -0.365. The summed E-state index contributed by atoms with van der Waals surface area (Å²) in [6.07, 6.45) is 0. The molecule has 0 rings (SSSR count). The van der Waals surface area contributed by atoms with Gasteiger partial charge in [0.1, 0.15) is 8.96 Å². The summed E-state index contributed by atoms with van der Waals surface area (Å²) in [7, 11) is -1.28. The summed E-state index contributed by atoms with van der Waals surface area (Å²) in [4.78, 5) is 0. The maximum Gasteiger partial charge on any atom is 0.281 e. The van der Waals surface area contributed by atoms with Crippen LogP contribution in [0.1, 0.15) is 27.7 Å². The number of hydrogen-bond donors (Lipinski definition) is 1. The van der Waals surface area contributed by atoms with Crippen LogP contribution in [0.3, 0.4) is 0 Å². The lowest BCUT2D eigenvalue weighted by atomic mass is 10.6. The van der Waals surface area contributed by atoms with Crippen LogP contribution in [-0.2, 0) is 14.2 Å². The molecule has 1 unspecified atom stereocenters. The molecule has 0 amide bonds. The Kier molecular flexibility index (Phi) is 8.27. The number of ether oxygens (including phenoxy) is 3. The fraction of sp³-hybridized carbons (Fsp3) is 1.00. The van der Waals surface area contributed by atoms with Gasteiger partial charge < -0.3 is 19.6 Å². The Labute approximate surface area is 94.8 Å². The second-order valence-electron chi connectivity index (χ2n) is 3.35. The molecule has 0 aromatic rings. The summed E-state index contributed by atoms with van der Waals surface area (Å²) < 4.78 is 16.8. The van der Waals surface area contributed by atoms with Gasteiger partial charge in [0.2, 0.25) is 0 Å². The van der Waals surface area contributed by atoms with Crippen molar-refractivity contribution in [1.29, 1.82) is 0 Å². The molecular weight excluding hydrogens is 210 g/mol. The second kappa shape index (κ2) is 8.24. The summed E-state index contributed by atoms with van der Waals surface area (Å²) in [6, 6.07) is 1.73. The third-order valence-corrected chi connectivity index (χ3v) is 4.20. The minimum atomic E-state index is -1.28. The average molecular weight is 235 g/mol. The molecule has 15 heavy (non-hydrogen) atoms. The van der Waals surface area contributed by atoms with Crippen LogP contribution >= 0.6 is 0 Å². The van der Waals surface area contributed by atoms with E-state index in [-0.39, 0.29) is 0 Å². The Morgan fingerprint density at radius 2 is 1.33 bits per heavy atom. The molecule has 0 saturated carbocycles. The van der Waals surface area contributed by atoms with Gasteiger partial charge in [-0.2, -0.15) is 0 Å². The molecule has 2 N–H and O–H groups in total. The Hall–Kier alpha value is 0.0569. The molecule has 0 aliphatic rings. The van der Waals surface area contributed by atoms with Gasteiger partial charge in [0.05, 0.1) is 0 Å². The van der Waals surface area contributed by atoms with Crippen molar-refractivity contribution >= 4 is 8.96 Å². The summed E-state index contributed by atoms with van der Waals surface area (Å²) >= 11 is 0. The van der Waals surface area contributed by atoms with E-state index in [4.69, 9.17) is 19.6 Å². The maximum absolute atomic E-state index is 6.05. The molecule has 0 heterocycles. The molecule has 0 aromatic carbocycles. The van der Waals surface area contributed by atoms with Gasteiger partial charge in [-0.3, -0.25) is 0 Å². The fourth-order valence-corrected chi connectivity index (χ4v) is 2.71. The highest BCUT2D eigenvalue weighted by atomic mass is 28.3. The first kappa shape index (κ1) is 15.1. The van der Waals surface area contributed by atoms with Crippen LogP contribution in [0.2, 0.25) is 12.1 Å². The van der Waals surface area contributed by atoms with E-state index in [0.29, 0.717) is 25.9 Å². The first-order valence-electron chi connectivity index (χ1n) is 5.81. The van der Waals surface area contributed by atoms with Gasteiger partial charge in [-0.25, -0.2) is 0 Å². The van der Waals surface area contributed by atoms with Crippen molar-refractivity contribution in [2.75, 3.05) is 19.8 Å². The number of rotatable bonds is 9. The van der Waals surface area contributed by atoms with Gasteiger partial charge in [0.15, 0.2) is 0 Å². The highest BCUT2D eigenvalue weighted by Crippen LogP contribution is 2.22. The minimum absolute atomic E-state index is 0.574. The van der Waals surface area contributed by atoms with E-state index in [9.17, 15) is 0 Å². The summed E-state index contributed by atoms with van der Waals surface area (Å²) in [5.41, 5.74) is 0. The van der Waals surface area contributed by atoms with Crippen LogP contribution in [0.5, 0.6) is 0 Å². The average Bonchev–Trinajstić information content (AvgIpc) is 2.18. The van der Waals surface area contributed by atoms with E-state index in [2.05, 4.69) is 6.92 Å². The van der Waals surface area contributed by atoms with Crippen LogP contribution in [0, 0.1) is 0 Å². The van der Waals surface area contributed by atoms with Gasteiger partial charge in [-0.15, -0.1) is 0 Å². The molecule has 92 valence electrons. The van der Waals surface area contributed by atoms with Gasteiger partial charge >= 0.3 is 0 Å². The first-order chi connectivity index (χ1) is 7.14. The van der Waals surface area contributed by atoms with E-state index < -0.39 is 14.9 Å². The molecule has 0 saturated heterocycles. The molecule has 0 aromatic heterocycles. The standard InChI is InChI=1S/C10H25NO3Si/c1-5-12-10(13-6-2,14-7-3)9-15(11)8-4/h15H,5-9,11H2,1-4H3. The van der Waals surface area contributed by atoms with Crippen molar-refractivity contribution in [3.05, 3.63) is 0 Å². The Balaban J connectivity index is 4.44. The third-order valence-electron chi connectivity index (χ3n) is 2.13. The minimum Gasteiger partial charge on any atom is -0.353 e. The molecule has 0 fully saturated rings. The van der Waals surface area contributed by atoms with Crippen LogP contribution in [0.4, 0.5) is 0 Å². The lowest BCUT2D eigenvalue weighted by Crippen LogP contribution is -2.45. The Morgan fingerprint density at radius 1 is 0.933 bits per heavy atom. The highest BCUT2D eigenvalue weighted by molar-refractivity contribution is 6.55. The van der Waals surface area contributed by atoms with Crippen molar-refractivity contribution < 1.29 is 14.2 Å². The van der Waals surface area contributed by atoms with Crippen molar-refractivity contribution in [3.8, 4) is 0 Å². The summed E-state index contributed by atoms with van der Waals surface area (Å²) in [6.45, 7) is 9.63. The van der Waals surface area contributed by atoms with Crippen LogP contribution in [0.25, 0.3) is 0 Å². The zero-order chi connectivity index (χ0) is 11.7. The van der Waals surface area contributed by atoms with Gasteiger partial charge in [0, 0.05) is 25.9 Å². The van der Waals surface area contributed by atoms with Crippen molar-refractivity contribution in [2.24, 2.45) is 5.40 Å². The molecule has 0 radical (unpaired) electrons. The van der Waals surface area contributed by atoms with E-state index >= 15 is 0 Å². The van der Waals surface area contributed by atoms with Crippen molar-refractivity contribution in [2.45, 2.75) is 45.8 Å². The largest absolute Gasteiger partial charge is 0.353 e. The van der Waals surface area contributed by atoms with E-state index in [1.54, 1.807) is 0 Å². The molecule has 1 atom stereocenters. The topological polar surface area (TPSA) is 53.7 Å². The monoisotopic (exact) mass is 235 g/mol. The number of nitrogens with two attached hydrogens (primary N) is 1. The van der Waals surface area contributed by atoms with E-state index in [1.807, 2.05) is 20.8 Å². The summed E-state index contributed by atoms with van der Waals surface area (Å²) in [5, 5.41) is 6.05. The van der Waals surface area contributed by atoms with Gasteiger partial charge in [0.25, 0.3) is 5.97 Å². The van der Waals surface area contributed by atoms with Gasteiger partial charge in [-0.1, -0.05) is 6.92 Å². The van der Waals surface area contributed by atoms with Crippen LogP contribution < -0.4 is 5.40 Å². The third kappa shape index (κ3) is 5.63. The predicted molar refractivity (Wildman–Crippen MR) is 64.2 cm³/mol. The highest BCUT2D eigenvalue weighted by Gasteiger charge is 2.34. The Bertz CT molecular complexity index is 141. The maximum atomic E-state index is 6.05. The molecule has 0 aliphatic heterocycles.